The fraction of sp³-hybridized carbons (Fsp3) is 0.250. The predicted molar refractivity (Wildman–Crippen MR) is 167 cm³/mol. The van der Waals surface area contributed by atoms with Crippen LogP contribution in [-0.4, -0.2) is 48.5 Å². The molecule has 0 aliphatic rings. The lowest BCUT2D eigenvalue weighted by molar-refractivity contribution is 0.0725. The molecule has 5 aromatic rings. The summed E-state index contributed by atoms with van der Waals surface area (Å²) in [6.45, 7) is 8.05. The lowest BCUT2D eigenvalue weighted by atomic mass is 10.0. The van der Waals surface area contributed by atoms with Gasteiger partial charge in [-0.2, -0.15) is 0 Å². The average molecular weight is 568 g/mol. The highest BCUT2D eigenvalue weighted by molar-refractivity contribution is 6.76. The Morgan fingerprint density at radius 2 is 1.46 bits per heavy atom. The summed E-state index contributed by atoms with van der Waals surface area (Å²) in [5.74, 6) is 2.73. The second-order valence-corrected chi connectivity index (χ2v) is 16.6. The maximum Gasteiger partial charge on any atom is 0.215 e. The Kier molecular flexibility index (Phi) is 8.56. The van der Waals surface area contributed by atoms with Gasteiger partial charge in [-0.1, -0.05) is 80.3 Å². The molecule has 8 nitrogen and oxygen atoms in total. The molecule has 0 radical (unpaired) electrons. The van der Waals surface area contributed by atoms with Crippen LogP contribution in [0.3, 0.4) is 0 Å². The number of benzene rings is 3. The summed E-state index contributed by atoms with van der Waals surface area (Å²) in [7, 11) is 2.14. The summed E-state index contributed by atoms with van der Waals surface area (Å²) in [5.41, 5.74) is 5.10. The summed E-state index contributed by atoms with van der Waals surface area (Å²) < 4.78 is 20.5. The number of anilines is 2. The quantitative estimate of drug-likeness (QED) is 0.124. The van der Waals surface area contributed by atoms with Gasteiger partial charge in [-0.05, 0) is 29.8 Å². The molecule has 212 valence electrons. The molecular weight excluding hydrogens is 530 g/mol. The van der Waals surface area contributed by atoms with Gasteiger partial charge in [-0.25, -0.2) is 9.36 Å². The van der Waals surface area contributed by atoms with E-state index >= 15 is 0 Å². The van der Waals surface area contributed by atoms with E-state index in [1.54, 1.807) is 18.9 Å². The van der Waals surface area contributed by atoms with Gasteiger partial charge in [0.15, 0.2) is 11.6 Å². The maximum atomic E-state index is 5.91. The summed E-state index contributed by atoms with van der Waals surface area (Å²) >= 11 is 0. The molecular formula is C32H37N5O3Si. The van der Waals surface area contributed by atoms with Crippen LogP contribution in [0.4, 0.5) is 11.6 Å². The third-order valence-electron chi connectivity index (χ3n) is 6.73. The Morgan fingerprint density at radius 1 is 0.756 bits per heavy atom. The molecule has 0 aliphatic carbocycles. The molecule has 3 aromatic carbocycles. The van der Waals surface area contributed by atoms with Crippen LogP contribution in [0, 0.1) is 0 Å². The molecule has 0 spiro atoms. The molecule has 0 unspecified atom stereocenters. The van der Waals surface area contributed by atoms with Gasteiger partial charge in [0.2, 0.25) is 5.88 Å². The summed E-state index contributed by atoms with van der Waals surface area (Å²) in [5, 5.41) is 13.1. The van der Waals surface area contributed by atoms with Gasteiger partial charge in [-0.15, -0.1) is 10.2 Å². The minimum absolute atomic E-state index is 0.328. The number of nitrogens with one attached hydrogen (secondary N) is 1. The minimum Gasteiger partial charge on any atom is -0.497 e. The van der Waals surface area contributed by atoms with Crippen molar-refractivity contribution in [3.8, 4) is 39.7 Å². The van der Waals surface area contributed by atoms with Crippen molar-refractivity contribution in [1.29, 1.82) is 0 Å². The molecule has 2 aromatic heterocycles. The first-order valence-electron chi connectivity index (χ1n) is 13.7. The first-order chi connectivity index (χ1) is 19.8. The van der Waals surface area contributed by atoms with Gasteiger partial charge in [-0.3, -0.25) is 0 Å². The second-order valence-electron chi connectivity index (χ2n) is 11.0. The number of rotatable bonds is 12. The SMILES string of the molecule is COc1ccc(-c2ccccc2-n2nc(Nc3cc(OC)n(COCC[Si](C)(C)C)n3)cc2-c2ccccc2)cc1. The molecule has 0 bridgehead atoms. The van der Waals surface area contributed by atoms with Crippen LogP contribution < -0.4 is 14.8 Å². The standard InChI is InChI=1S/C32H37N5O3Si/c1-38-26-17-15-24(16-18-26)27-13-9-10-14-28(27)37-29(25-11-7-6-8-12-25)21-30(35-37)33-31-22-32(39-2)36(34-31)23-40-19-20-41(3,4)5/h6-18,21-22H,19-20,23H2,1-5H3,(H,33,34,35). The summed E-state index contributed by atoms with van der Waals surface area (Å²) in [4.78, 5) is 0. The molecule has 41 heavy (non-hydrogen) atoms. The molecule has 5 rings (SSSR count). The van der Waals surface area contributed by atoms with E-state index < -0.39 is 8.07 Å². The summed E-state index contributed by atoms with van der Waals surface area (Å²) in [6, 6.07) is 31.6. The highest BCUT2D eigenvalue weighted by Gasteiger charge is 2.18. The highest BCUT2D eigenvalue weighted by Crippen LogP contribution is 2.33. The van der Waals surface area contributed by atoms with E-state index in [1.165, 1.54) is 0 Å². The van der Waals surface area contributed by atoms with Crippen LogP contribution in [-0.2, 0) is 11.5 Å². The third-order valence-corrected chi connectivity index (χ3v) is 8.43. The van der Waals surface area contributed by atoms with E-state index in [0.717, 1.165) is 39.9 Å². The molecule has 0 saturated carbocycles. The number of ether oxygens (including phenoxy) is 3. The Labute approximate surface area is 242 Å². The largest absolute Gasteiger partial charge is 0.497 e. The van der Waals surface area contributed by atoms with Crippen molar-refractivity contribution in [3.05, 3.63) is 91.0 Å². The van der Waals surface area contributed by atoms with Gasteiger partial charge in [0, 0.05) is 37.9 Å². The van der Waals surface area contributed by atoms with Gasteiger partial charge >= 0.3 is 0 Å². The van der Waals surface area contributed by atoms with Crippen molar-refractivity contribution in [2.24, 2.45) is 0 Å². The van der Waals surface area contributed by atoms with Crippen molar-refractivity contribution in [2.45, 2.75) is 32.4 Å². The molecule has 9 heteroatoms. The Bertz CT molecular complexity index is 1570. The Hall–Kier alpha value is -4.34. The van der Waals surface area contributed by atoms with Crippen LogP contribution in [0.1, 0.15) is 0 Å². The van der Waals surface area contributed by atoms with Crippen molar-refractivity contribution >= 4 is 19.7 Å². The lowest BCUT2D eigenvalue weighted by Crippen LogP contribution is -2.22. The maximum absolute atomic E-state index is 5.91. The monoisotopic (exact) mass is 567 g/mol. The van der Waals surface area contributed by atoms with Crippen molar-refractivity contribution in [3.63, 3.8) is 0 Å². The number of methoxy groups -OCH3 is 2. The molecule has 0 atom stereocenters. The number of nitrogens with zero attached hydrogens (tertiary/aromatic N) is 4. The number of hydrogen-bond donors (Lipinski definition) is 1. The normalized spacial score (nSPS) is 11.4. The smallest absolute Gasteiger partial charge is 0.215 e. The molecule has 1 N–H and O–H groups in total. The predicted octanol–water partition coefficient (Wildman–Crippen LogP) is 7.48. The first-order valence-corrected chi connectivity index (χ1v) is 17.4. The van der Waals surface area contributed by atoms with E-state index in [2.05, 4.69) is 66.5 Å². The fourth-order valence-corrected chi connectivity index (χ4v) is 5.25. The molecule has 0 amide bonds. The molecule has 0 saturated heterocycles. The summed E-state index contributed by atoms with van der Waals surface area (Å²) in [6.07, 6.45) is 0. The number of aromatic nitrogens is 4. The zero-order valence-corrected chi connectivity index (χ0v) is 25.3. The highest BCUT2D eigenvalue weighted by atomic mass is 28.3. The van der Waals surface area contributed by atoms with Crippen LogP contribution in [0.25, 0.3) is 28.1 Å². The van der Waals surface area contributed by atoms with Crippen LogP contribution in [0.15, 0.2) is 91.0 Å². The van der Waals surface area contributed by atoms with Crippen molar-refractivity contribution < 1.29 is 14.2 Å². The van der Waals surface area contributed by atoms with E-state index in [9.17, 15) is 0 Å². The van der Waals surface area contributed by atoms with Crippen LogP contribution in [0.2, 0.25) is 25.7 Å². The lowest BCUT2D eigenvalue weighted by Gasteiger charge is -2.15. The molecule has 0 fully saturated rings. The number of para-hydroxylation sites is 1. The first kappa shape index (κ1) is 28.2. The average Bonchev–Trinajstić information content (AvgIpc) is 3.59. The van der Waals surface area contributed by atoms with Crippen molar-refractivity contribution in [1.82, 2.24) is 19.6 Å². The van der Waals surface area contributed by atoms with Crippen molar-refractivity contribution in [2.75, 3.05) is 26.1 Å². The van der Waals surface area contributed by atoms with E-state index in [0.29, 0.717) is 30.9 Å². The van der Waals surface area contributed by atoms with Gasteiger partial charge in [0.1, 0.15) is 12.5 Å². The number of hydrogen-bond acceptors (Lipinski definition) is 6. The topological polar surface area (TPSA) is 75.4 Å². The van der Waals surface area contributed by atoms with Crippen LogP contribution >= 0.6 is 0 Å². The Balaban J connectivity index is 1.47. The van der Waals surface area contributed by atoms with E-state index in [1.807, 2.05) is 59.3 Å². The molecule has 2 heterocycles. The van der Waals surface area contributed by atoms with E-state index in [-0.39, 0.29) is 0 Å². The zero-order chi connectivity index (χ0) is 28.8. The fourth-order valence-electron chi connectivity index (χ4n) is 4.49. The van der Waals surface area contributed by atoms with Gasteiger partial charge in [0.05, 0.1) is 25.6 Å². The van der Waals surface area contributed by atoms with E-state index in [4.69, 9.17) is 19.3 Å². The molecule has 0 aliphatic heterocycles. The second kappa shape index (κ2) is 12.4. The van der Waals surface area contributed by atoms with Gasteiger partial charge in [0.25, 0.3) is 0 Å². The van der Waals surface area contributed by atoms with Crippen LogP contribution in [0.5, 0.6) is 11.6 Å². The minimum atomic E-state index is -1.17. The van der Waals surface area contributed by atoms with Gasteiger partial charge < -0.3 is 19.5 Å². The third kappa shape index (κ3) is 6.87. The Morgan fingerprint density at radius 3 is 2.17 bits per heavy atom. The zero-order valence-electron chi connectivity index (χ0n) is 24.3.